The molecule has 1 aromatic heterocycles. The topological polar surface area (TPSA) is 96.6 Å². The lowest BCUT2D eigenvalue weighted by atomic mass is 10.5. The first kappa shape index (κ1) is 12.3. The van der Waals surface area contributed by atoms with Crippen LogP contribution in [0.25, 0.3) is 0 Å². The molecule has 0 aliphatic carbocycles. The Morgan fingerprint density at radius 1 is 1.56 bits per heavy atom. The molecule has 1 aromatic rings. The molecule has 0 saturated heterocycles. The lowest BCUT2D eigenvalue weighted by Crippen LogP contribution is -2.23. The van der Waals surface area contributed by atoms with Gasteiger partial charge < -0.3 is 9.52 Å². The number of hydrogen-bond acceptors (Lipinski definition) is 4. The normalized spacial score (nSPS) is 10.6. The van der Waals surface area contributed by atoms with E-state index in [1.165, 1.54) is 0 Å². The molecular weight excluding hydrogens is 234 g/mol. The van der Waals surface area contributed by atoms with Crippen molar-refractivity contribution in [2.75, 3.05) is 6.54 Å². The van der Waals surface area contributed by atoms with E-state index in [1.807, 2.05) is 0 Å². The van der Waals surface area contributed by atoms with Crippen molar-refractivity contribution in [1.82, 2.24) is 4.72 Å². The Kier molecular flexibility index (Phi) is 3.71. The van der Waals surface area contributed by atoms with Crippen LogP contribution in [0.15, 0.2) is 21.6 Å². The van der Waals surface area contributed by atoms with Crippen LogP contribution in [0.5, 0.6) is 0 Å². The largest absolute Gasteiger partial charge is 0.475 e. The number of rotatable bonds is 4. The minimum absolute atomic E-state index is 0.0536. The molecule has 6 nitrogen and oxygen atoms in total. The zero-order chi connectivity index (χ0) is 12.2. The van der Waals surface area contributed by atoms with Gasteiger partial charge in [0, 0.05) is 0 Å². The third-order valence-corrected chi connectivity index (χ3v) is 2.86. The molecule has 0 aromatic carbocycles. The standard InChI is InChI=1S/C9H9NO5S/c1-2-3-6-10-16(13,14)8-5-4-7(15-8)9(11)12/h4-5,10H,6H2,1H3,(H,11,12). The van der Waals surface area contributed by atoms with Crippen molar-refractivity contribution in [3.05, 3.63) is 17.9 Å². The summed E-state index contributed by atoms with van der Waals surface area (Å²) in [5.74, 6) is 3.27. The van der Waals surface area contributed by atoms with E-state index >= 15 is 0 Å². The third-order valence-electron chi connectivity index (χ3n) is 1.58. The summed E-state index contributed by atoms with van der Waals surface area (Å²) in [6.07, 6.45) is 0. The quantitative estimate of drug-likeness (QED) is 0.740. The summed E-state index contributed by atoms with van der Waals surface area (Å²) in [5.41, 5.74) is 0. The smallest absolute Gasteiger partial charge is 0.371 e. The SMILES string of the molecule is CC#CCNS(=O)(=O)c1ccc(C(=O)O)o1. The highest BCUT2D eigenvalue weighted by Crippen LogP contribution is 2.13. The zero-order valence-electron chi connectivity index (χ0n) is 8.35. The second-order valence-electron chi connectivity index (χ2n) is 2.68. The predicted molar refractivity (Wildman–Crippen MR) is 54.3 cm³/mol. The number of nitrogens with one attached hydrogen (secondary N) is 1. The van der Waals surface area contributed by atoms with E-state index in [1.54, 1.807) is 6.92 Å². The highest BCUT2D eigenvalue weighted by molar-refractivity contribution is 7.89. The Bertz CT molecular complexity index is 546. The third kappa shape index (κ3) is 2.85. The molecule has 0 atom stereocenters. The van der Waals surface area contributed by atoms with Crippen LogP contribution in [-0.2, 0) is 10.0 Å². The highest BCUT2D eigenvalue weighted by atomic mass is 32.2. The number of hydrogen-bond donors (Lipinski definition) is 2. The van der Waals surface area contributed by atoms with Gasteiger partial charge >= 0.3 is 5.97 Å². The number of sulfonamides is 1. The Balaban J connectivity index is 2.88. The molecule has 1 heterocycles. The molecular formula is C9H9NO5S. The molecule has 0 unspecified atom stereocenters. The minimum Gasteiger partial charge on any atom is -0.475 e. The molecule has 0 bridgehead atoms. The highest BCUT2D eigenvalue weighted by Gasteiger charge is 2.19. The number of furan rings is 1. The Hall–Kier alpha value is -1.78. The van der Waals surface area contributed by atoms with E-state index in [9.17, 15) is 13.2 Å². The fraction of sp³-hybridized carbons (Fsp3) is 0.222. The average Bonchev–Trinajstić information content (AvgIpc) is 2.67. The zero-order valence-corrected chi connectivity index (χ0v) is 9.17. The first-order chi connectivity index (χ1) is 7.47. The molecule has 0 aliphatic rings. The van der Waals surface area contributed by atoms with E-state index in [4.69, 9.17) is 5.11 Å². The van der Waals surface area contributed by atoms with Gasteiger partial charge in [0.25, 0.3) is 10.0 Å². The van der Waals surface area contributed by atoms with Gasteiger partial charge in [-0.2, -0.15) is 4.72 Å². The average molecular weight is 243 g/mol. The van der Waals surface area contributed by atoms with Crippen molar-refractivity contribution in [2.45, 2.75) is 12.0 Å². The Labute approximate surface area is 92.3 Å². The van der Waals surface area contributed by atoms with Gasteiger partial charge in [-0.1, -0.05) is 5.92 Å². The van der Waals surface area contributed by atoms with Gasteiger partial charge in [0.05, 0.1) is 6.54 Å². The van der Waals surface area contributed by atoms with E-state index in [0.717, 1.165) is 12.1 Å². The van der Waals surface area contributed by atoms with Crippen molar-refractivity contribution >= 4 is 16.0 Å². The monoisotopic (exact) mass is 243 g/mol. The maximum Gasteiger partial charge on any atom is 0.371 e. The van der Waals surface area contributed by atoms with Crippen molar-refractivity contribution in [3.8, 4) is 11.8 Å². The van der Waals surface area contributed by atoms with Crippen LogP contribution in [-0.4, -0.2) is 26.0 Å². The van der Waals surface area contributed by atoms with Gasteiger partial charge in [-0.15, -0.1) is 5.92 Å². The second kappa shape index (κ2) is 4.83. The predicted octanol–water partition coefficient (Wildman–Crippen LogP) is 0.279. The summed E-state index contributed by atoms with van der Waals surface area (Å²) >= 11 is 0. The summed E-state index contributed by atoms with van der Waals surface area (Å²) in [6, 6.07) is 2.15. The van der Waals surface area contributed by atoms with E-state index in [0.29, 0.717) is 0 Å². The molecule has 0 spiro atoms. The van der Waals surface area contributed by atoms with Crippen LogP contribution in [0.3, 0.4) is 0 Å². The number of carbonyl (C=O) groups is 1. The molecule has 0 saturated carbocycles. The first-order valence-corrected chi connectivity index (χ1v) is 5.68. The second-order valence-corrected chi connectivity index (χ2v) is 4.37. The van der Waals surface area contributed by atoms with Crippen molar-refractivity contribution in [3.63, 3.8) is 0 Å². The fourth-order valence-electron chi connectivity index (χ4n) is 0.870. The fourth-order valence-corrected chi connectivity index (χ4v) is 1.72. The summed E-state index contributed by atoms with van der Waals surface area (Å²) in [4.78, 5) is 10.5. The molecule has 7 heteroatoms. The summed E-state index contributed by atoms with van der Waals surface area (Å²) in [7, 11) is -3.83. The van der Waals surface area contributed by atoms with Crippen molar-refractivity contribution in [2.24, 2.45) is 0 Å². The van der Waals surface area contributed by atoms with Crippen LogP contribution >= 0.6 is 0 Å². The van der Waals surface area contributed by atoms with Crippen LogP contribution < -0.4 is 4.72 Å². The lowest BCUT2D eigenvalue weighted by molar-refractivity contribution is 0.0656. The van der Waals surface area contributed by atoms with Crippen molar-refractivity contribution in [1.29, 1.82) is 0 Å². The molecule has 0 radical (unpaired) electrons. The summed E-state index contributed by atoms with van der Waals surface area (Å²) in [5, 5.41) is 8.10. The van der Waals surface area contributed by atoms with E-state index < -0.39 is 26.8 Å². The summed E-state index contributed by atoms with van der Waals surface area (Å²) in [6.45, 7) is 1.52. The van der Waals surface area contributed by atoms with Gasteiger partial charge in [-0.05, 0) is 19.1 Å². The first-order valence-electron chi connectivity index (χ1n) is 4.20. The van der Waals surface area contributed by atoms with Gasteiger partial charge in [0.1, 0.15) is 0 Å². The number of carboxylic acid groups (broad SMARTS) is 1. The molecule has 86 valence electrons. The summed E-state index contributed by atoms with van der Waals surface area (Å²) < 4.78 is 29.7. The van der Waals surface area contributed by atoms with Gasteiger partial charge in [-0.25, -0.2) is 13.2 Å². The van der Waals surface area contributed by atoms with E-state index in [2.05, 4.69) is 21.0 Å². The minimum atomic E-state index is -3.83. The molecule has 2 N–H and O–H groups in total. The molecule has 0 aliphatic heterocycles. The van der Waals surface area contributed by atoms with Crippen LogP contribution in [0.1, 0.15) is 17.5 Å². The van der Waals surface area contributed by atoms with Gasteiger partial charge in [0.15, 0.2) is 0 Å². The maximum absolute atomic E-state index is 11.5. The number of aromatic carboxylic acids is 1. The van der Waals surface area contributed by atoms with Crippen LogP contribution in [0.4, 0.5) is 0 Å². The Morgan fingerprint density at radius 3 is 2.75 bits per heavy atom. The van der Waals surface area contributed by atoms with Crippen LogP contribution in [0.2, 0.25) is 0 Å². The molecule has 0 fully saturated rings. The molecule has 0 amide bonds. The molecule has 16 heavy (non-hydrogen) atoms. The van der Waals surface area contributed by atoms with Crippen LogP contribution in [0, 0.1) is 11.8 Å². The van der Waals surface area contributed by atoms with E-state index in [-0.39, 0.29) is 6.54 Å². The lowest BCUT2D eigenvalue weighted by Gasteiger charge is -1.98. The molecule has 1 rings (SSSR count). The van der Waals surface area contributed by atoms with Gasteiger partial charge in [0.2, 0.25) is 10.9 Å². The number of carboxylic acids is 1. The maximum atomic E-state index is 11.5. The van der Waals surface area contributed by atoms with Crippen molar-refractivity contribution < 1.29 is 22.7 Å². The Morgan fingerprint density at radius 2 is 2.25 bits per heavy atom. The van der Waals surface area contributed by atoms with Gasteiger partial charge in [-0.3, -0.25) is 0 Å².